The Hall–Kier alpha value is -3.83. The molecular formula is C36H45N3O2. The second-order valence-corrected chi connectivity index (χ2v) is 10.5. The Morgan fingerprint density at radius 3 is 2.66 bits per heavy atom. The fourth-order valence-corrected chi connectivity index (χ4v) is 5.42. The quantitative estimate of drug-likeness (QED) is 0.184. The zero-order valence-corrected chi connectivity index (χ0v) is 24.9. The summed E-state index contributed by atoms with van der Waals surface area (Å²) in [4.78, 5) is 4.75. The Morgan fingerprint density at radius 2 is 1.93 bits per heavy atom. The predicted octanol–water partition coefficient (Wildman–Crippen LogP) is 8.41. The molecule has 2 aromatic heterocycles. The van der Waals surface area contributed by atoms with Crippen LogP contribution in [-0.4, -0.2) is 34.4 Å². The third kappa shape index (κ3) is 7.89. The summed E-state index contributed by atoms with van der Waals surface area (Å²) in [6, 6.07) is 23.2. The first-order valence-electron chi connectivity index (χ1n) is 15.0. The van der Waals surface area contributed by atoms with Gasteiger partial charge in [0.05, 0.1) is 12.6 Å². The largest absolute Gasteiger partial charge is 0.493 e. The molecule has 5 rings (SSSR count). The highest BCUT2D eigenvalue weighted by atomic mass is 16.5. The first-order valence-corrected chi connectivity index (χ1v) is 15.0. The molecule has 216 valence electrons. The van der Waals surface area contributed by atoms with Gasteiger partial charge in [0.25, 0.3) is 0 Å². The maximum Gasteiger partial charge on any atom is 0.129 e. The van der Waals surface area contributed by atoms with Crippen LogP contribution in [0.2, 0.25) is 0 Å². The molecule has 0 bridgehead atoms. The highest BCUT2D eigenvalue weighted by molar-refractivity contribution is 5.82. The summed E-state index contributed by atoms with van der Waals surface area (Å²) in [6.07, 6.45) is 10.1. The van der Waals surface area contributed by atoms with Crippen molar-refractivity contribution in [2.24, 2.45) is 0 Å². The molecular weight excluding hydrogens is 506 g/mol. The third-order valence-electron chi connectivity index (χ3n) is 7.82. The summed E-state index contributed by atoms with van der Waals surface area (Å²) in [5.74, 6) is 1.92. The number of nitrogens with one attached hydrogen (secondary N) is 1. The van der Waals surface area contributed by atoms with Gasteiger partial charge in [-0.15, -0.1) is 0 Å². The Bertz CT molecular complexity index is 1440. The molecule has 0 fully saturated rings. The lowest BCUT2D eigenvalue weighted by Gasteiger charge is -2.22. The molecule has 2 N–H and O–H groups in total. The number of hydrogen-bond donors (Lipinski definition) is 2. The van der Waals surface area contributed by atoms with E-state index in [0.29, 0.717) is 6.61 Å². The molecule has 0 radical (unpaired) electrons. The number of ether oxygens (including phenoxy) is 1. The number of nitrogens with zero attached hydrogens (tertiary/aromatic N) is 2. The summed E-state index contributed by atoms with van der Waals surface area (Å²) in [5.41, 5.74) is 7.35. The van der Waals surface area contributed by atoms with Gasteiger partial charge in [0.2, 0.25) is 0 Å². The van der Waals surface area contributed by atoms with E-state index >= 15 is 0 Å². The molecule has 1 atom stereocenters. The zero-order valence-electron chi connectivity index (χ0n) is 24.9. The highest BCUT2D eigenvalue weighted by Gasteiger charge is 2.16. The standard InChI is InChI=1S/C26H33N3O2.C10H12/c1-3-19(4-2)25(12-16-30)29-15-11-21-18-23(9-10-24(21)29)31-17-13-22-8-7-20-6-5-14-27-26(20)28-22;1-3-9(2)10-7-5-4-6-8-10/h3,7-11,15,18,25,30H,4-6,12-14,16-17H2,1-2H3,(H,27,28);4-8H,2-3H2,1H3/b19-3+;. The molecule has 0 aliphatic carbocycles. The van der Waals surface area contributed by atoms with E-state index < -0.39 is 0 Å². The summed E-state index contributed by atoms with van der Waals surface area (Å²) >= 11 is 0. The molecule has 5 heteroatoms. The molecule has 1 aliphatic heterocycles. The third-order valence-corrected chi connectivity index (χ3v) is 7.82. The van der Waals surface area contributed by atoms with Crippen LogP contribution < -0.4 is 10.1 Å². The number of rotatable bonds is 11. The average Bonchev–Trinajstić information content (AvgIpc) is 3.44. The minimum absolute atomic E-state index is 0.176. The Kier molecular flexibility index (Phi) is 11.2. The van der Waals surface area contributed by atoms with Gasteiger partial charge in [0.15, 0.2) is 0 Å². The average molecular weight is 552 g/mol. The van der Waals surface area contributed by atoms with Gasteiger partial charge in [-0.1, -0.05) is 68.5 Å². The van der Waals surface area contributed by atoms with E-state index in [4.69, 9.17) is 9.72 Å². The van der Waals surface area contributed by atoms with E-state index in [1.165, 1.54) is 34.2 Å². The first-order chi connectivity index (χ1) is 20.1. The number of pyridine rings is 1. The smallest absolute Gasteiger partial charge is 0.129 e. The number of aromatic nitrogens is 2. The van der Waals surface area contributed by atoms with Gasteiger partial charge >= 0.3 is 0 Å². The van der Waals surface area contributed by atoms with Crippen molar-refractivity contribution in [1.29, 1.82) is 0 Å². The summed E-state index contributed by atoms with van der Waals surface area (Å²) < 4.78 is 8.32. The van der Waals surface area contributed by atoms with Gasteiger partial charge in [-0.25, -0.2) is 4.98 Å². The predicted molar refractivity (Wildman–Crippen MR) is 173 cm³/mol. The van der Waals surface area contributed by atoms with E-state index in [0.717, 1.165) is 61.3 Å². The maximum absolute atomic E-state index is 9.58. The van der Waals surface area contributed by atoms with Gasteiger partial charge in [-0.3, -0.25) is 0 Å². The molecule has 3 heterocycles. The Labute approximate surface area is 245 Å². The van der Waals surface area contributed by atoms with Crippen LogP contribution in [0, 0.1) is 0 Å². The SMILES string of the molecule is C/C=C(\CC)C(CCO)n1ccc2cc(OCCc3ccc4c(n3)NCCC4)ccc21.C=C(CC)c1ccccc1. The number of benzene rings is 2. The zero-order chi connectivity index (χ0) is 29.0. The second-order valence-electron chi connectivity index (χ2n) is 10.5. The van der Waals surface area contributed by atoms with Crippen molar-refractivity contribution >= 4 is 22.3 Å². The molecule has 4 aromatic rings. The second kappa shape index (κ2) is 15.2. The molecule has 41 heavy (non-hydrogen) atoms. The van der Waals surface area contributed by atoms with Crippen molar-refractivity contribution in [3.05, 3.63) is 108 Å². The molecule has 0 amide bonds. The van der Waals surface area contributed by atoms with Crippen LogP contribution in [0.1, 0.15) is 69.3 Å². The number of fused-ring (bicyclic) bond motifs is 2. The van der Waals surface area contributed by atoms with Gasteiger partial charge in [0.1, 0.15) is 11.6 Å². The number of anilines is 1. The van der Waals surface area contributed by atoms with Crippen molar-refractivity contribution in [1.82, 2.24) is 9.55 Å². The molecule has 1 aliphatic rings. The van der Waals surface area contributed by atoms with Crippen LogP contribution in [0.25, 0.3) is 16.5 Å². The molecule has 2 aromatic carbocycles. The van der Waals surface area contributed by atoms with E-state index in [1.807, 2.05) is 24.3 Å². The van der Waals surface area contributed by atoms with Crippen LogP contribution in [0.5, 0.6) is 5.75 Å². The molecule has 0 saturated heterocycles. The van der Waals surface area contributed by atoms with Crippen molar-refractivity contribution < 1.29 is 9.84 Å². The molecule has 5 nitrogen and oxygen atoms in total. The number of allylic oxidation sites excluding steroid dienone is 3. The van der Waals surface area contributed by atoms with Crippen LogP contribution in [0.15, 0.2) is 91.2 Å². The van der Waals surface area contributed by atoms with Gasteiger partial charge in [0, 0.05) is 42.4 Å². The fourth-order valence-electron chi connectivity index (χ4n) is 5.42. The number of aliphatic hydroxyl groups is 1. The lowest BCUT2D eigenvalue weighted by Crippen LogP contribution is -2.14. The number of hydrogen-bond acceptors (Lipinski definition) is 4. The number of aryl methyl sites for hydroxylation is 1. The van der Waals surface area contributed by atoms with Crippen LogP contribution in [0.3, 0.4) is 0 Å². The number of aliphatic hydroxyl groups excluding tert-OH is 1. The van der Waals surface area contributed by atoms with Gasteiger partial charge < -0.3 is 19.7 Å². The topological polar surface area (TPSA) is 59.3 Å². The van der Waals surface area contributed by atoms with Gasteiger partial charge in [-0.05, 0) is 86.1 Å². The lowest BCUT2D eigenvalue weighted by molar-refractivity contribution is 0.267. The Morgan fingerprint density at radius 1 is 1.10 bits per heavy atom. The Balaban J connectivity index is 0.000000328. The summed E-state index contributed by atoms with van der Waals surface area (Å²) in [7, 11) is 0. The van der Waals surface area contributed by atoms with Crippen molar-refractivity contribution in [2.45, 2.75) is 65.3 Å². The maximum atomic E-state index is 9.58. The molecule has 0 saturated carbocycles. The van der Waals surface area contributed by atoms with E-state index in [9.17, 15) is 5.11 Å². The minimum atomic E-state index is 0.176. The highest BCUT2D eigenvalue weighted by Crippen LogP contribution is 2.31. The lowest BCUT2D eigenvalue weighted by atomic mass is 10.0. The monoisotopic (exact) mass is 551 g/mol. The van der Waals surface area contributed by atoms with Crippen molar-refractivity contribution in [3.8, 4) is 5.75 Å². The normalized spacial score (nSPS) is 13.5. The molecule has 1 unspecified atom stereocenters. The minimum Gasteiger partial charge on any atom is -0.493 e. The summed E-state index contributed by atoms with van der Waals surface area (Å²) in [5, 5.41) is 14.1. The van der Waals surface area contributed by atoms with Crippen molar-refractivity contribution in [2.75, 3.05) is 25.1 Å². The van der Waals surface area contributed by atoms with E-state index in [-0.39, 0.29) is 12.6 Å². The fraction of sp³-hybridized carbons (Fsp3) is 0.361. The van der Waals surface area contributed by atoms with Crippen LogP contribution in [0.4, 0.5) is 5.82 Å². The van der Waals surface area contributed by atoms with E-state index in [1.54, 1.807) is 0 Å². The van der Waals surface area contributed by atoms with Crippen LogP contribution >= 0.6 is 0 Å². The van der Waals surface area contributed by atoms with Crippen molar-refractivity contribution in [3.63, 3.8) is 0 Å². The molecule has 0 spiro atoms. The van der Waals surface area contributed by atoms with Crippen LogP contribution in [-0.2, 0) is 12.8 Å². The summed E-state index contributed by atoms with van der Waals surface area (Å²) in [6.45, 7) is 12.1. The first kappa shape index (κ1) is 30.1. The van der Waals surface area contributed by atoms with Gasteiger partial charge in [-0.2, -0.15) is 0 Å². The van der Waals surface area contributed by atoms with E-state index in [2.05, 4.69) is 92.0 Å².